The van der Waals surface area contributed by atoms with Crippen molar-refractivity contribution >= 4 is 13.9 Å². The molecule has 0 bridgehead atoms. The third kappa shape index (κ3) is 25.0. The summed E-state index contributed by atoms with van der Waals surface area (Å²) < 4.78 is 28.6. The summed E-state index contributed by atoms with van der Waals surface area (Å²) in [5, 5.41) is 5.00. The first-order valence-corrected chi connectivity index (χ1v) is 15.5. The molecule has 0 aliphatic heterocycles. The molecule has 0 aromatic carbocycles. The molecule has 0 heterocycles. The topological polar surface area (TPSA) is 109 Å². The van der Waals surface area contributed by atoms with Crippen molar-refractivity contribution in [3.63, 3.8) is 0 Å². The van der Waals surface area contributed by atoms with Crippen LogP contribution in [0.5, 0.6) is 0 Å². The van der Waals surface area contributed by atoms with E-state index in [4.69, 9.17) is 13.8 Å². The Bertz CT molecular complexity index is 574. The second-order valence-corrected chi connectivity index (χ2v) is 12.0. The molecule has 216 valence electrons. The Morgan fingerprint density at radius 3 is 1.83 bits per heavy atom. The van der Waals surface area contributed by atoms with E-state index in [2.05, 4.69) is 17.6 Å². The van der Waals surface area contributed by atoms with Crippen LogP contribution in [0, 0.1) is 0 Å². The first kappa shape index (κ1) is 35.3. The number of carbonyl (C=O) groups is 1. The normalized spacial score (nSPS) is 14.4. The highest BCUT2D eigenvalue weighted by atomic mass is 31.2. The number of phosphoric acid groups is 1. The SMILES string of the molecule is CCCCCCCCCCCCCCCCOCC(CNC(=O)NC)OP(=O)([O-])OCC[N+](C)(C)C. The molecule has 0 spiro atoms. The Labute approximate surface area is 221 Å². The van der Waals surface area contributed by atoms with Gasteiger partial charge in [-0.3, -0.25) is 4.57 Å². The lowest BCUT2D eigenvalue weighted by atomic mass is 10.0. The molecule has 9 nitrogen and oxygen atoms in total. The molecule has 36 heavy (non-hydrogen) atoms. The van der Waals surface area contributed by atoms with Crippen molar-refractivity contribution in [2.24, 2.45) is 0 Å². The zero-order valence-corrected chi connectivity index (χ0v) is 24.8. The standard InChI is InChI=1S/C26H56N3O6P/c1-6-7-8-9-10-11-12-13-14-15-16-17-18-19-21-33-24-25(23-28-26(30)27-2)35-36(31,32)34-22-20-29(3,4)5/h25H,6-24H2,1-5H3,(H2-,27,28,30,31,32). The van der Waals surface area contributed by atoms with Gasteiger partial charge in [0.05, 0.1) is 27.7 Å². The highest BCUT2D eigenvalue weighted by molar-refractivity contribution is 7.45. The van der Waals surface area contributed by atoms with Gasteiger partial charge in [0.25, 0.3) is 7.82 Å². The van der Waals surface area contributed by atoms with Gasteiger partial charge in [-0.2, -0.15) is 0 Å². The fourth-order valence-corrected chi connectivity index (χ4v) is 4.54. The van der Waals surface area contributed by atoms with Crippen LogP contribution in [0.2, 0.25) is 0 Å². The summed E-state index contributed by atoms with van der Waals surface area (Å²) in [6.45, 7) is 3.40. The third-order valence-corrected chi connectivity index (χ3v) is 7.01. The van der Waals surface area contributed by atoms with Gasteiger partial charge in [-0.1, -0.05) is 90.4 Å². The van der Waals surface area contributed by atoms with Crippen molar-refractivity contribution in [3.8, 4) is 0 Å². The van der Waals surface area contributed by atoms with Crippen molar-refractivity contribution < 1.29 is 32.5 Å². The first-order chi connectivity index (χ1) is 17.1. The van der Waals surface area contributed by atoms with E-state index in [1.807, 2.05) is 21.1 Å². The number of likely N-dealkylation sites (N-methyl/N-ethyl adjacent to an activating group) is 1. The largest absolute Gasteiger partial charge is 0.756 e. The van der Waals surface area contributed by atoms with Crippen LogP contribution < -0.4 is 15.5 Å². The average Bonchev–Trinajstić information content (AvgIpc) is 2.80. The van der Waals surface area contributed by atoms with Crippen LogP contribution in [0.3, 0.4) is 0 Å². The lowest BCUT2D eigenvalue weighted by Crippen LogP contribution is -2.41. The molecule has 0 radical (unpaired) electrons. The lowest BCUT2D eigenvalue weighted by molar-refractivity contribution is -0.870. The number of carbonyl (C=O) groups excluding carboxylic acids is 1. The maximum Gasteiger partial charge on any atom is 0.314 e. The summed E-state index contributed by atoms with van der Waals surface area (Å²) in [7, 11) is 2.82. The molecule has 0 saturated carbocycles. The van der Waals surface area contributed by atoms with Crippen molar-refractivity contribution in [3.05, 3.63) is 0 Å². The number of ether oxygens (including phenoxy) is 1. The van der Waals surface area contributed by atoms with Crippen LogP contribution >= 0.6 is 7.82 Å². The van der Waals surface area contributed by atoms with Gasteiger partial charge in [0, 0.05) is 20.2 Å². The Hall–Kier alpha value is -0.700. The molecule has 0 aliphatic rings. The quantitative estimate of drug-likeness (QED) is 0.0965. The molecule has 2 atom stereocenters. The molecule has 2 unspecified atom stereocenters. The lowest BCUT2D eigenvalue weighted by Gasteiger charge is -2.30. The Balaban J connectivity index is 3.95. The van der Waals surface area contributed by atoms with Crippen molar-refractivity contribution in [2.45, 2.75) is 103 Å². The number of amides is 2. The molecule has 0 aliphatic carbocycles. The van der Waals surface area contributed by atoms with E-state index in [1.165, 1.54) is 84.1 Å². The van der Waals surface area contributed by atoms with Crippen LogP contribution in [0.25, 0.3) is 0 Å². The monoisotopic (exact) mass is 537 g/mol. The van der Waals surface area contributed by atoms with Crippen LogP contribution in [0.4, 0.5) is 4.79 Å². The third-order valence-electron chi connectivity index (χ3n) is 5.95. The summed E-state index contributed by atoms with van der Waals surface area (Å²) in [5.41, 5.74) is 0. The van der Waals surface area contributed by atoms with Gasteiger partial charge in [0.2, 0.25) is 0 Å². The first-order valence-electron chi connectivity index (χ1n) is 14.1. The molecular weight excluding hydrogens is 481 g/mol. The average molecular weight is 538 g/mol. The van der Waals surface area contributed by atoms with Crippen LogP contribution in [-0.2, 0) is 18.3 Å². The number of rotatable bonds is 25. The Morgan fingerprint density at radius 1 is 0.861 bits per heavy atom. The zero-order chi connectivity index (χ0) is 27.1. The predicted octanol–water partition coefficient (Wildman–Crippen LogP) is 4.99. The minimum Gasteiger partial charge on any atom is -0.756 e. The summed E-state index contributed by atoms with van der Waals surface area (Å²) in [5.74, 6) is 0. The van der Waals surface area contributed by atoms with Crippen molar-refractivity contribution in [1.82, 2.24) is 10.6 Å². The number of unbranched alkanes of at least 4 members (excludes halogenated alkanes) is 13. The van der Waals surface area contributed by atoms with Crippen LogP contribution in [-0.4, -0.2) is 77.7 Å². The van der Waals surface area contributed by atoms with E-state index in [0.29, 0.717) is 17.6 Å². The van der Waals surface area contributed by atoms with Gasteiger partial charge in [0.1, 0.15) is 19.3 Å². The number of urea groups is 1. The number of hydrogen-bond acceptors (Lipinski definition) is 6. The second kappa shape index (κ2) is 22.3. The minimum atomic E-state index is -4.51. The van der Waals surface area contributed by atoms with Gasteiger partial charge in [-0.15, -0.1) is 0 Å². The molecule has 0 saturated heterocycles. The molecule has 0 aromatic rings. The van der Waals surface area contributed by atoms with Gasteiger partial charge in [0.15, 0.2) is 0 Å². The number of quaternary nitrogens is 1. The van der Waals surface area contributed by atoms with Gasteiger partial charge >= 0.3 is 6.03 Å². The number of phosphoric ester groups is 1. The smallest absolute Gasteiger partial charge is 0.314 e. The van der Waals surface area contributed by atoms with Crippen LogP contribution in [0.1, 0.15) is 96.8 Å². The molecule has 0 fully saturated rings. The molecule has 0 rings (SSSR count). The minimum absolute atomic E-state index is 0.00331. The zero-order valence-electron chi connectivity index (χ0n) is 23.9. The van der Waals surface area contributed by atoms with E-state index in [1.54, 1.807) is 0 Å². The van der Waals surface area contributed by atoms with Crippen molar-refractivity contribution in [2.75, 3.05) is 61.1 Å². The highest BCUT2D eigenvalue weighted by Crippen LogP contribution is 2.39. The highest BCUT2D eigenvalue weighted by Gasteiger charge is 2.20. The molecular formula is C26H56N3O6P. The van der Waals surface area contributed by atoms with E-state index in [0.717, 1.165) is 12.8 Å². The second-order valence-electron chi connectivity index (χ2n) is 10.7. The molecule has 10 heteroatoms. The van der Waals surface area contributed by atoms with Crippen LogP contribution in [0.15, 0.2) is 0 Å². The van der Waals surface area contributed by atoms with Gasteiger partial charge in [-0.25, -0.2) is 4.79 Å². The summed E-state index contributed by atoms with van der Waals surface area (Å²) >= 11 is 0. The maximum atomic E-state index is 12.2. The number of hydrogen-bond donors (Lipinski definition) is 2. The molecule has 0 aromatic heterocycles. The van der Waals surface area contributed by atoms with Gasteiger partial charge in [-0.05, 0) is 6.42 Å². The van der Waals surface area contributed by atoms with E-state index < -0.39 is 20.0 Å². The van der Waals surface area contributed by atoms with E-state index in [-0.39, 0.29) is 19.8 Å². The van der Waals surface area contributed by atoms with Crippen molar-refractivity contribution in [1.29, 1.82) is 0 Å². The van der Waals surface area contributed by atoms with E-state index >= 15 is 0 Å². The summed E-state index contributed by atoms with van der Waals surface area (Å²) in [6.07, 6.45) is 17.2. The maximum absolute atomic E-state index is 12.2. The summed E-state index contributed by atoms with van der Waals surface area (Å²) in [4.78, 5) is 23.7. The fraction of sp³-hybridized carbons (Fsp3) is 0.962. The number of nitrogens with zero attached hydrogens (tertiary/aromatic N) is 1. The predicted molar refractivity (Wildman–Crippen MR) is 145 cm³/mol. The van der Waals surface area contributed by atoms with Gasteiger partial charge < -0.3 is 33.8 Å². The molecule has 2 N–H and O–H groups in total. The Morgan fingerprint density at radius 2 is 1.36 bits per heavy atom. The Kier molecular flexibility index (Phi) is 21.9. The van der Waals surface area contributed by atoms with E-state index in [9.17, 15) is 14.3 Å². The summed E-state index contributed by atoms with van der Waals surface area (Å²) in [6, 6.07) is -0.415. The fourth-order valence-electron chi connectivity index (χ4n) is 3.67. The molecule has 2 amide bonds. The number of nitrogens with one attached hydrogen (secondary N) is 2.